The Morgan fingerprint density at radius 2 is 2.22 bits per heavy atom. The third kappa shape index (κ3) is 3.01. The summed E-state index contributed by atoms with van der Waals surface area (Å²) < 4.78 is 0. The van der Waals surface area contributed by atoms with E-state index in [0.29, 0.717) is 11.8 Å². The number of hydrogen-bond donors (Lipinski definition) is 1. The molecule has 1 aromatic heterocycles. The van der Waals surface area contributed by atoms with Crippen LogP contribution < -0.4 is 5.56 Å². The van der Waals surface area contributed by atoms with Gasteiger partial charge in [-0.3, -0.25) is 4.79 Å². The molecule has 0 amide bonds. The van der Waals surface area contributed by atoms with Crippen molar-refractivity contribution in [2.75, 3.05) is 0 Å². The smallest absolute Gasteiger partial charge is 0.251 e. The molecular formula is C15H24N2O. The van der Waals surface area contributed by atoms with Gasteiger partial charge >= 0.3 is 0 Å². The van der Waals surface area contributed by atoms with E-state index in [4.69, 9.17) is 0 Å². The molecule has 1 aliphatic rings. The lowest BCUT2D eigenvalue weighted by molar-refractivity contribution is 0.306. The van der Waals surface area contributed by atoms with Crippen molar-refractivity contribution in [2.24, 2.45) is 5.92 Å². The fourth-order valence-corrected chi connectivity index (χ4v) is 2.90. The standard InChI is InChI=1S/C15H24N2O/c1-4-11-6-5-7-12(8-11)15-16-13(10(2)3)9-14(18)17-15/h9-12H,4-8H2,1-3H3,(H,16,17,18). The molecule has 1 N–H and O–H groups in total. The van der Waals surface area contributed by atoms with Gasteiger partial charge in [-0.1, -0.05) is 40.0 Å². The summed E-state index contributed by atoms with van der Waals surface area (Å²) in [4.78, 5) is 19.3. The third-order valence-corrected chi connectivity index (χ3v) is 4.12. The lowest BCUT2D eigenvalue weighted by atomic mass is 9.80. The highest BCUT2D eigenvalue weighted by molar-refractivity contribution is 5.10. The first-order chi connectivity index (χ1) is 8.60. The number of H-pyrrole nitrogens is 1. The van der Waals surface area contributed by atoms with Crippen molar-refractivity contribution in [3.05, 3.63) is 27.9 Å². The predicted octanol–water partition coefficient (Wildman–Crippen LogP) is 3.58. The molecule has 1 heterocycles. The number of aromatic amines is 1. The van der Waals surface area contributed by atoms with Crippen LogP contribution in [-0.4, -0.2) is 9.97 Å². The van der Waals surface area contributed by atoms with E-state index in [9.17, 15) is 4.79 Å². The summed E-state index contributed by atoms with van der Waals surface area (Å²) >= 11 is 0. The van der Waals surface area contributed by atoms with Crippen LogP contribution in [0, 0.1) is 5.92 Å². The summed E-state index contributed by atoms with van der Waals surface area (Å²) in [6, 6.07) is 1.63. The van der Waals surface area contributed by atoms with Gasteiger partial charge in [-0.2, -0.15) is 0 Å². The first-order valence-corrected chi connectivity index (χ1v) is 7.21. The second-order valence-electron chi connectivity index (χ2n) is 5.85. The quantitative estimate of drug-likeness (QED) is 0.888. The zero-order valence-corrected chi connectivity index (χ0v) is 11.7. The molecule has 0 aromatic carbocycles. The number of nitrogens with one attached hydrogen (secondary N) is 1. The molecule has 1 fully saturated rings. The van der Waals surface area contributed by atoms with Gasteiger partial charge in [0.2, 0.25) is 0 Å². The largest absolute Gasteiger partial charge is 0.310 e. The number of nitrogens with zero attached hydrogens (tertiary/aromatic N) is 1. The fourth-order valence-electron chi connectivity index (χ4n) is 2.90. The van der Waals surface area contributed by atoms with Crippen LogP contribution in [0.4, 0.5) is 0 Å². The van der Waals surface area contributed by atoms with Gasteiger partial charge in [-0.15, -0.1) is 0 Å². The van der Waals surface area contributed by atoms with E-state index >= 15 is 0 Å². The van der Waals surface area contributed by atoms with Crippen molar-refractivity contribution in [1.29, 1.82) is 0 Å². The van der Waals surface area contributed by atoms with Crippen LogP contribution in [0.2, 0.25) is 0 Å². The second kappa shape index (κ2) is 5.68. The van der Waals surface area contributed by atoms with E-state index in [1.54, 1.807) is 6.07 Å². The monoisotopic (exact) mass is 248 g/mol. The normalized spacial score (nSPS) is 24.4. The first kappa shape index (κ1) is 13.3. The summed E-state index contributed by atoms with van der Waals surface area (Å²) in [5, 5.41) is 0. The van der Waals surface area contributed by atoms with Crippen molar-refractivity contribution in [3.8, 4) is 0 Å². The Kier molecular flexibility index (Phi) is 4.20. The summed E-state index contributed by atoms with van der Waals surface area (Å²) in [7, 11) is 0. The molecule has 1 aromatic rings. The molecular weight excluding hydrogens is 224 g/mol. The van der Waals surface area contributed by atoms with Crippen LogP contribution in [0.3, 0.4) is 0 Å². The molecule has 3 nitrogen and oxygen atoms in total. The van der Waals surface area contributed by atoms with Gasteiger partial charge in [0.1, 0.15) is 5.82 Å². The predicted molar refractivity (Wildman–Crippen MR) is 73.9 cm³/mol. The minimum atomic E-state index is 0.00215. The van der Waals surface area contributed by atoms with Gasteiger partial charge < -0.3 is 4.98 Å². The average Bonchev–Trinajstić information content (AvgIpc) is 2.38. The van der Waals surface area contributed by atoms with Gasteiger partial charge in [0.05, 0.1) is 5.69 Å². The van der Waals surface area contributed by atoms with E-state index in [0.717, 1.165) is 17.4 Å². The molecule has 0 spiro atoms. The molecule has 2 unspecified atom stereocenters. The molecule has 2 rings (SSSR count). The Hall–Kier alpha value is -1.12. The lowest BCUT2D eigenvalue weighted by Gasteiger charge is -2.27. The molecule has 18 heavy (non-hydrogen) atoms. The van der Waals surface area contributed by atoms with Gasteiger partial charge in [-0.05, 0) is 24.7 Å². The molecule has 100 valence electrons. The average molecular weight is 248 g/mol. The minimum absolute atomic E-state index is 0.00215. The Bertz CT molecular complexity index is 450. The third-order valence-electron chi connectivity index (χ3n) is 4.12. The zero-order valence-electron chi connectivity index (χ0n) is 11.7. The maximum atomic E-state index is 11.7. The highest BCUT2D eigenvalue weighted by atomic mass is 16.1. The molecule has 0 saturated heterocycles. The Morgan fingerprint density at radius 1 is 1.44 bits per heavy atom. The van der Waals surface area contributed by atoms with Gasteiger partial charge in [0.15, 0.2) is 0 Å². The summed E-state index contributed by atoms with van der Waals surface area (Å²) in [5.41, 5.74) is 0.926. The highest BCUT2D eigenvalue weighted by Gasteiger charge is 2.24. The molecule has 1 aliphatic carbocycles. The highest BCUT2D eigenvalue weighted by Crippen LogP contribution is 2.35. The Labute approximate surface area is 109 Å². The van der Waals surface area contributed by atoms with Gasteiger partial charge in [0, 0.05) is 12.0 Å². The maximum Gasteiger partial charge on any atom is 0.251 e. The first-order valence-electron chi connectivity index (χ1n) is 7.21. The topological polar surface area (TPSA) is 45.8 Å². The molecule has 0 radical (unpaired) electrons. The van der Waals surface area contributed by atoms with Gasteiger partial charge in [-0.25, -0.2) is 4.98 Å². The lowest BCUT2D eigenvalue weighted by Crippen LogP contribution is -2.20. The summed E-state index contributed by atoms with van der Waals surface area (Å²) in [5.74, 6) is 2.49. The maximum absolute atomic E-state index is 11.7. The van der Waals surface area contributed by atoms with E-state index in [1.807, 2.05) is 0 Å². The van der Waals surface area contributed by atoms with Crippen LogP contribution in [0.25, 0.3) is 0 Å². The number of rotatable bonds is 3. The number of aromatic nitrogens is 2. The minimum Gasteiger partial charge on any atom is -0.310 e. The van der Waals surface area contributed by atoms with Crippen LogP contribution >= 0.6 is 0 Å². The van der Waals surface area contributed by atoms with Crippen LogP contribution in [-0.2, 0) is 0 Å². The fraction of sp³-hybridized carbons (Fsp3) is 0.733. The van der Waals surface area contributed by atoms with Crippen LogP contribution in [0.1, 0.15) is 76.2 Å². The van der Waals surface area contributed by atoms with E-state index in [2.05, 4.69) is 30.7 Å². The Balaban J connectivity index is 2.24. The molecule has 2 atom stereocenters. The Morgan fingerprint density at radius 3 is 2.89 bits per heavy atom. The second-order valence-corrected chi connectivity index (χ2v) is 5.85. The summed E-state index contributed by atoms with van der Waals surface area (Å²) in [6.07, 6.45) is 6.19. The van der Waals surface area contributed by atoms with Crippen molar-refractivity contribution in [2.45, 2.75) is 64.7 Å². The molecule has 1 saturated carbocycles. The van der Waals surface area contributed by atoms with E-state index < -0.39 is 0 Å². The van der Waals surface area contributed by atoms with Gasteiger partial charge in [0.25, 0.3) is 5.56 Å². The van der Waals surface area contributed by atoms with Crippen molar-refractivity contribution >= 4 is 0 Å². The van der Waals surface area contributed by atoms with Crippen molar-refractivity contribution < 1.29 is 0 Å². The van der Waals surface area contributed by atoms with Crippen LogP contribution in [0.15, 0.2) is 10.9 Å². The SMILES string of the molecule is CCC1CCCC(c2nc(C(C)C)cc(=O)[nH]2)C1. The van der Waals surface area contributed by atoms with Crippen molar-refractivity contribution in [1.82, 2.24) is 9.97 Å². The molecule has 0 aliphatic heterocycles. The van der Waals surface area contributed by atoms with E-state index in [1.165, 1.54) is 32.1 Å². The molecule has 3 heteroatoms. The van der Waals surface area contributed by atoms with Crippen LogP contribution in [0.5, 0.6) is 0 Å². The molecule has 0 bridgehead atoms. The number of hydrogen-bond acceptors (Lipinski definition) is 2. The summed E-state index contributed by atoms with van der Waals surface area (Å²) in [6.45, 7) is 6.43. The van der Waals surface area contributed by atoms with E-state index in [-0.39, 0.29) is 5.56 Å². The van der Waals surface area contributed by atoms with Crippen molar-refractivity contribution in [3.63, 3.8) is 0 Å². The zero-order chi connectivity index (χ0) is 13.1.